The van der Waals surface area contributed by atoms with Crippen molar-refractivity contribution in [2.45, 2.75) is 51.7 Å². The Morgan fingerprint density at radius 3 is 2.67 bits per heavy atom. The largest absolute Gasteiger partial charge is 0.365 e. The van der Waals surface area contributed by atoms with Gasteiger partial charge in [0.05, 0.1) is 10.2 Å². The molecule has 6 rings (SSSR count). The molecular weight excluding hydrogens is 464 g/mol. The van der Waals surface area contributed by atoms with Gasteiger partial charge in [-0.2, -0.15) is 0 Å². The molecule has 1 aliphatic heterocycles. The van der Waals surface area contributed by atoms with Gasteiger partial charge in [-0.15, -0.1) is 11.3 Å². The van der Waals surface area contributed by atoms with Gasteiger partial charge in [-0.1, -0.05) is 55.8 Å². The standard InChI is InChI=1S/C29H32N6S/c1-28(2)12-11-22-21(15-28)23-24-25(26(34-18-33-24)32-17-20-10-7-13-31-16-20)36-27(23)35-29(22,30-3)14-19-8-5-4-6-9-19/h4-10,13,16,18,22,30H,11-12,14-15,17H2,1-3H3,(H,32,33,34). The monoisotopic (exact) mass is 496 g/mol. The van der Waals surface area contributed by atoms with Crippen molar-refractivity contribution in [1.82, 2.24) is 20.3 Å². The molecule has 1 saturated carbocycles. The average Bonchev–Trinajstić information content (AvgIpc) is 3.26. The molecule has 1 fully saturated rings. The van der Waals surface area contributed by atoms with Gasteiger partial charge in [0.25, 0.3) is 0 Å². The first kappa shape index (κ1) is 23.3. The van der Waals surface area contributed by atoms with Crippen LogP contribution in [0.4, 0.5) is 5.82 Å². The molecule has 4 heterocycles. The molecule has 7 heteroatoms. The van der Waals surface area contributed by atoms with Crippen molar-refractivity contribution in [2.75, 3.05) is 12.4 Å². The Morgan fingerprint density at radius 1 is 1.06 bits per heavy atom. The van der Waals surface area contributed by atoms with Crippen molar-refractivity contribution in [3.8, 4) is 0 Å². The van der Waals surface area contributed by atoms with Gasteiger partial charge in [0.1, 0.15) is 22.5 Å². The second-order valence-corrected chi connectivity index (χ2v) is 11.8. The summed E-state index contributed by atoms with van der Waals surface area (Å²) in [5.41, 5.74) is 4.86. The van der Waals surface area contributed by atoms with Crippen molar-refractivity contribution in [1.29, 1.82) is 0 Å². The summed E-state index contributed by atoms with van der Waals surface area (Å²) in [7, 11) is 2.07. The summed E-state index contributed by atoms with van der Waals surface area (Å²) in [6, 6.07) is 14.8. The van der Waals surface area contributed by atoms with E-state index in [4.69, 9.17) is 9.98 Å². The maximum absolute atomic E-state index is 5.50. The van der Waals surface area contributed by atoms with Gasteiger partial charge in [0.2, 0.25) is 0 Å². The number of rotatable bonds is 6. The minimum Gasteiger partial charge on any atom is -0.365 e. The van der Waals surface area contributed by atoms with Gasteiger partial charge in [-0.05, 0) is 48.9 Å². The number of nitrogens with zero attached hydrogens (tertiary/aromatic N) is 4. The molecule has 0 amide bonds. The Hall–Kier alpha value is -3.16. The average molecular weight is 497 g/mol. The highest BCUT2D eigenvalue weighted by atomic mass is 32.1. The summed E-state index contributed by atoms with van der Waals surface area (Å²) in [5, 5.41) is 8.48. The minimum absolute atomic E-state index is 0.259. The molecule has 2 unspecified atom stereocenters. The van der Waals surface area contributed by atoms with Gasteiger partial charge in [0.15, 0.2) is 0 Å². The molecule has 6 nitrogen and oxygen atoms in total. The van der Waals surface area contributed by atoms with Gasteiger partial charge < -0.3 is 5.32 Å². The van der Waals surface area contributed by atoms with E-state index in [0.717, 1.165) is 45.5 Å². The molecule has 36 heavy (non-hydrogen) atoms. The molecule has 3 aromatic heterocycles. The van der Waals surface area contributed by atoms with Crippen LogP contribution in [0, 0.1) is 11.3 Å². The molecule has 1 aliphatic carbocycles. The number of anilines is 1. The first-order chi connectivity index (χ1) is 17.5. The van der Waals surface area contributed by atoms with Crippen LogP contribution >= 0.6 is 11.3 Å². The minimum atomic E-state index is -0.363. The van der Waals surface area contributed by atoms with E-state index in [1.54, 1.807) is 23.9 Å². The predicted octanol–water partition coefficient (Wildman–Crippen LogP) is 4.47. The lowest BCUT2D eigenvalue weighted by atomic mass is 9.64. The zero-order chi connectivity index (χ0) is 24.8. The van der Waals surface area contributed by atoms with E-state index in [0.29, 0.717) is 12.5 Å². The van der Waals surface area contributed by atoms with E-state index in [2.05, 4.69) is 77.9 Å². The SMILES string of the molecule is CNC1(Cc2ccccc2)N=c2sc3c(NCc4cccnc4)ncnc3c2=C2CC(C)(C)CCC21. The van der Waals surface area contributed by atoms with E-state index < -0.39 is 0 Å². The van der Waals surface area contributed by atoms with Crippen molar-refractivity contribution >= 4 is 32.9 Å². The Kier molecular flexibility index (Phi) is 5.85. The number of fused-ring (bicyclic) bond motifs is 4. The molecule has 4 aromatic rings. The third kappa shape index (κ3) is 4.10. The summed E-state index contributed by atoms with van der Waals surface area (Å²) in [6.45, 7) is 5.45. The number of nitrogens with one attached hydrogen (secondary N) is 2. The number of hydrogen-bond donors (Lipinski definition) is 2. The second-order valence-electron chi connectivity index (χ2n) is 10.8. The van der Waals surface area contributed by atoms with Crippen LogP contribution in [0.25, 0.3) is 15.8 Å². The topological polar surface area (TPSA) is 75.1 Å². The van der Waals surface area contributed by atoms with Crippen molar-refractivity contribution in [3.05, 3.63) is 82.2 Å². The maximum Gasteiger partial charge on any atom is 0.147 e. The second kappa shape index (κ2) is 9.05. The highest BCUT2D eigenvalue weighted by Gasteiger charge is 2.46. The number of benzene rings is 1. The van der Waals surface area contributed by atoms with Crippen LogP contribution in [0.3, 0.4) is 0 Å². The summed E-state index contributed by atoms with van der Waals surface area (Å²) >= 11 is 1.71. The summed E-state index contributed by atoms with van der Waals surface area (Å²) < 4.78 is 2.15. The van der Waals surface area contributed by atoms with Crippen LogP contribution in [0.1, 0.15) is 44.2 Å². The number of pyridine rings is 1. The van der Waals surface area contributed by atoms with E-state index in [1.165, 1.54) is 22.8 Å². The summed E-state index contributed by atoms with van der Waals surface area (Å²) in [4.78, 5) is 19.2. The Morgan fingerprint density at radius 2 is 1.89 bits per heavy atom. The lowest BCUT2D eigenvalue weighted by molar-refractivity contribution is 0.185. The normalized spacial score (nSPS) is 22.5. The number of aromatic nitrogens is 3. The molecule has 184 valence electrons. The quantitative estimate of drug-likeness (QED) is 0.412. The Balaban J connectivity index is 1.52. The number of hydrogen-bond acceptors (Lipinski definition) is 7. The highest BCUT2D eigenvalue weighted by Crippen LogP contribution is 2.48. The highest BCUT2D eigenvalue weighted by molar-refractivity contribution is 7.17. The van der Waals surface area contributed by atoms with Crippen LogP contribution in [-0.4, -0.2) is 27.7 Å². The molecule has 1 aromatic carbocycles. The molecule has 0 bridgehead atoms. The van der Waals surface area contributed by atoms with Gasteiger partial charge in [-0.25, -0.2) is 9.97 Å². The van der Waals surface area contributed by atoms with Gasteiger partial charge >= 0.3 is 0 Å². The Labute approximate surface area is 215 Å². The fourth-order valence-corrected chi connectivity index (χ4v) is 7.16. The van der Waals surface area contributed by atoms with Crippen molar-refractivity contribution in [2.24, 2.45) is 16.3 Å². The first-order valence-corrected chi connectivity index (χ1v) is 13.5. The summed E-state index contributed by atoms with van der Waals surface area (Å²) in [5.74, 6) is 1.20. The van der Waals surface area contributed by atoms with Crippen LogP contribution < -0.4 is 20.5 Å². The molecule has 0 radical (unpaired) electrons. The Bertz CT molecular complexity index is 1510. The summed E-state index contributed by atoms with van der Waals surface area (Å²) in [6.07, 6.45) is 9.61. The third-order valence-corrected chi connectivity index (χ3v) is 8.86. The predicted molar refractivity (Wildman–Crippen MR) is 146 cm³/mol. The van der Waals surface area contributed by atoms with Crippen LogP contribution in [0.5, 0.6) is 0 Å². The molecule has 2 N–H and O–H groups in total. The first-order valence-electron chi connectivity index (χ1n) is 12.7. The maximum atomic E-state index is 5.50. The van der Waals surface area contributed by atoms with Gasteiger partial charge in [0, 0.05) is 36.5 Å². The fourth-order valence-electron chi connectivity index (χ4n) is 5.95. The van der Waals surface area contributed by atoms with E-state index in [9.17, 15) is 0 Å². The lowest BCUT2D eigenvalue weighted by Gasteiger charge is -2.46. The van der Waals surface area contributed by atoms with Gasteiger partial charge in [-0.3, -0.25) is 15.3 Å². The molecular formula is C29H32N6S. The zero-order valence-electron chi connectivity index (χ0n) is 21.1. The van der Waals surface area contributed by atoms with Crippen LogP contribution in [0.2, 0.25) is 0 Å². The molecule has 0 saturated heterocycles. The zero-order valence-corrected chi connectivity index (χ0v) is 21.9. The van der Waals surface area contributed by atoms with Crippen molar-refractivity contribution in [3.63, 3.8) is 0 Å². The number of likely N-dealkylation sites (N-methyl/N-ethyl adjacent to an activating group) is 1. The van der Waals surface area contributed by atoms with E-state index in [1.807, 2.05) is 12.3 Å². The van der Waals surface area contributed by atoms with Crippen LogP contribution in [-0.2, 0) is 13.0 Å². The third-order valence-electron chi connectivity index (χ3n) is 7.78. The smallest absolute Gasteiger partial charge is 0.147 e. The molecule has 2 aliphatic rings. The number of thiophene rings is 1. The van der Waals surface area contributed by atoms with E-state index >= 15 is 0 Å². The molecule has 0 spiro atoms. The fraction of sp³-hybridized carbons (Fsp3) is 0.379. The van der Waals surface area contributed by atoms with Crippen molar-refractivity contribution < 1.29 is 0 Å². The van der Waals surface area contributed by atoms with E-state index in [-0.39, 0.29) is 11.1 Å². The van der Waals surface area contributed by atoms with Crippen LogP contribution in [0.15, 0.2) is 66.2 Å². The lowest BCUT2D eigenvalue weighted by Crippen LogP contribution is -2.57. The molecule has 2 atom stereocenters.